The van der Waals surface area contributed by atoms with Gasteiger partial charge in [-0.1, -0.05) is 24.3 Å². The van der Waals surface area contributed by atoms with E-state index in [0.717, 1.165) is 17.6 Å². The third kappa shape index (κ3) is 2.64. The summed E-state index contributed by atoms with van der Waals surface area (Å²) in [7, 11) is 1.94. The van der Waals surface area contributed by atoms with Crippen molar-refractivity contribution in [2.75, 3.05) is 7.05 Å². The standard InChI is InChI=1S/C15H16N2/c1-3-4-8-14(16-2)15-11-10-12-7-5-6-9-13(12)17-15/h5-7,9-11,14,16H,8H2,1-2H3. The van der Waals surface area contributed by atoms with Gasteiger partial charge in [0.15, 0.2) is 0 Å². The molecule has 0 radical (unpaired) electrons. The van der Waals surface area contributed by atoms with Gasteiger partial charge in [-0.05, 0) is 26.1 Å². The molecular weight excluding hydrogens is 208 g/mol. The van der Waals surface area contributed by atoms with Gasteiger partial charge < -0.3 is 5.32 Å². The first kappa shape index (κ1) is 11.6. The molecule has 2 rings (SSSR count). The summed E-state index contributed by atoms with van der Waals surface area (Å²) in [6, 6.07) is 12.5. The van der Waals surface area contributed by atoms with E-state index in [-0.39, 0.29) is 6.04 Å². The number of nitrogens with one attached hydrogen (secondary N) is 1. The molecule has 17 heavy (non-hydrogen) atoms. The number of benzene rings is 1. The summed E-state index contributed by atoms with van der Waals surface area (Å²) in [5.74, 6) is 6.01. The fourth-order valence-electron chi connectivity index (χ4n) is 1.83. The van der Waals surface area contributed by atoms with Gasteiger partial charge in [-0.2, -0.15) is 0 Å². The van der Waals surface area contributed by atoms with Crippen molar-refractivity contribution in [1.82, 2.24) is 10.3 Å². The molecule has 0 aliphatic carbocycles. The molecule has 0 aliphatic rings. The molecule has 1 atom stereocenters. The molecule has 0 saturated carbocycles. The largest absolute Gasteiger partial charge is 0.311 e. The molecule has 0 bridgehead atoms. The number of aromatic nitrogens is 1. The molecule has 0 fully saturated rings. The van der Waals surface area contributed by atoms with E-state index in [1.807, 2.05) is 32.2 Å². The SMILES string of the molecule is CC#CCC(NC)c1ccc2ccccc2n1. The molecule has 1 aromatic carbocycles. The average molecular weight is 224 g/mol. The van der Waals surface area contributed by atoms with Gasteiger partial charge in [0, 0.05) is 11.8 Å². The van der Waals surface area contributed by atoms with Crippen LogP contribution in [0.15, 0.2) is 36.4 Å². The molecule has 0 saturated heterocycles. The lowest BCUT2D eigenvalue weighted by molar-refractivity contribution is 0.596. The predicted molar refractivity (Wildman–Crippen MR) is 71.6 cm³/mol. The highest BCUT2D eigenvalue weighted by atomic mass is 14.9. The van der Waals surface area contributed by atoms with E-state index < -0.39 is 0 Å². The maximum Gasteiger partial charge on any atom is 0.0706 e. The second-order valence-corrected chi connectivity index (χ2v) is 3.90. The summed E-state index contributed by atoms with van der Waals surface area (Å²) in [5, 5.41) is 4.43. The van der Waals surface area contributed by atoms with Crippen LogP contribution in [-0.2, 0) is 0 Å². The zero-order chi connectivity index (χ0) is 12.1. The van der Waals surface area contributed by atoms with Crippen molar-refractivity contribution in [2.24, 2.45) is 0 Å². The Morgan fingerprint density at radius 3 is 2.82 bits per heavy atom. The zero-order valence-electron chi connectivity index (χ0n) is 10.2. The van der Waals surface area contributed by atoms with E-state index >= 15 is 0 Å². The number of fused-ring (bicyclic) bond motifs is 1. The number of hydrogen-bond donors (Lipinski definition) is 1. The molecular formula is C15H16N2. The first-order valence-electron chi connectivity index (χ1n) is 5.77. The van der Waals surface area contributed by atoms with Gasteiger partial charge in [0.1, 0.15) is 0 Å². The Bertz CT molecular complexity index is 564. The Kier molecular flexibility index (Phi) is 3.74. The molecule has 0 spiro atoms. The van der Waals surface area contributed by atoms with E-state index in [0.29, 0.717) is 0 Å². The third-order valence-corrected chi connectivity index (χ3v) is 2.81. The van der Waals surface area contributed by atoms with Crippen LogP contribution >= 0.6 is 0 Å². The molecule has 2 heteroatoms. The van der Waals surface area contributed by atoms with Crippen molar-refractivity contribution in [3.63, 3.8) is 0 Å². The van der Waals surface area contributed by atoms with Crippen LogP contribution in [0.5, 0.6) is 0 Å². The molecule has 1 heterocycles. The number of pyridine rings is 1. The highest BCUT2D eigenvalue weighted by Crippen LogP contribution is 2.18. The lowest BCUT2D eigenvalue weighted by Crippen LogP contribution is -2.17. The minimum absolute atomic E-state index is 0.201. The minimum atomic E-state index is 0.201. The maximum absolute atomic E-state index is 4.67. The van der Waals surface area contributed by atoms with E-state index in [2.05, 4.69) is 40.3 Å². The fraction of sp³-hybridized carbons (Fsp3) is 0.267. The maximum atomic E-state index is 4.67. The van der Waals surface area contributed by atoms with Gasteiger partial charge in [-0.25, -0.2) is 0 Å². The van der Waals surface area contributed by atoms with Crippen molar-refractivity contribution in [3.05, 3.63) is 42.1 Å². The fourth-order valence-corrected chi connectivity index (χ4v) is 1.83. The molecule has 0 aliphatic heterocycles. The number of nitrogens with zero attached hydrogens (tertiary/aromatic N) is 1. The second kappa shape index (κ2) is 5.47. The number of hydrogen-bond acceptors (Lipinski definition) is 2. The van der Waals surface area contributed by atoms with Gasteiger partial charge in [0.2, 0.25) is 0 Å². The van der Waals surface area contributed by atoms with E-state index in [9.17, 15) is 0 Å². The highest BCUT2D eigenvalue weighted by molar-refractivity contribution is 5.78. The van der Waals surface area contributed by atoms with Crippen molar-refractivity contribution in [3.8, 4) is 11.8 Å². The highest BCUT2D eigenvalue weighted by Gasteiger charge is 2.09. The quantitative estimate of drug-likeness (QED) is 0.811. The van der Waals surface area contributed by atoms with Crippen molar-refractivity contribution >= 4 is 10.9 Å². The van der Waals surface area contributed by atoms with Gasteiger partial charge in [0.25, 0.3) is 0 Å². The molecule has 86 valence electrons. The van der Waals surface area contributed by atoms with Crippen molar-refractivity contribution in [1.29, 1.82) is 0 Å². The molecule has 2 aromatic rings. The Morgan fingerprint density at radius 2 is 2.06 bits per heavy atom. The predicted octanol–water partition coefficient (Wildman–Crippen LogP) is 2.91. The van der Waals surface area contributed by atoms with E-state index in [4.69, 9.17) is 0 Å². The lowest BCUT2D eigenvalue weighted by atomic mass is 10.1. The second-order valence-electron chi connectivity index (χ2n) is 3.90. The average Bonchev–Trinajstić information content (AvgIpc) is 2.39. The molecule has 0 amide bonds. The van der Waals surface area contributed by atoms with Gasteiger partial charge in [0.05, 0.1) is 17.3 Å². The van der Waals surface area contributed by atoms with Crippen LogP contribution in [0.2, 0.25) is 0 Å². The van der Waals surface area contributed by atoms with E-state index in [1.165, 1.54) is 5.39 Å². The summed E-state index contributed by atoms with van der Waals surface area (Å²) >= 11 is 0. The van der Waals surface area contributed by atoms with Gasteiger partial charge in [-0.3, -0.25) is 4.98 Å². The Labute approximate surface area is 102 Å². The topological polar surface area (TPSA) is 24.9 Å². The van der Waals surface area contributed by atoms with Crippen molar-refractivity contribution < 1.29 is 0 Å². The summed E-state index contributed by atoms with van der Waals surface area (Å²) in [5.41, 5.74) is 2.09. The normalized spacial score (nSPS) is 11.9. The summed E-state index contributed by atoms with van der Waals surface area (Å²) in [4.78, 5) is 4.67. The van der Waals surface area contributed by atoms with Gasteiger partial charge in [-0.15, -0.1) is 11.8 Å². The smallest absolute Gasteiger partial charge is 0.0706 e. The van der Waals surface area contributed by atoms with Crippen molar-refractivity contribution in [2.45, 2.75) is 19.4 Å². The van der Waals surface area contributed by atoms with Crippen LogP contribution in [0.4, 0.5) is 0 Å². The number of para-hydroxylation sites is 1. The van der Waals surface area contributed by atoms with E-state index in [1.54, 1.807) is 0 Å². The summed E-state index contributed by atoms with van der Waals surface area (Å²) in [6.07, 6.45) is 0.790. The van der Waals surface area contributed by atoms with Gasteiger partial charge >= 0.3 is 0 Å². The summed E-state index contributed by atoms with van der Waals surface area (Å²) in [6.45, 7) is 1.86. The monoisotopic (exact) mass is 224 g/mol. The zero-order valence-corrected chi connectivity index (χ0v) is 10.2. The Morgan fingerprint density at radius 1 is 1.24 bits per heavy atom. The Hall–Kier alpha value is -1.85. The first-order valence-corrected chi connectivity index (χ1v) is 5.77. The first-order chi connectivity index (χ1) is 8.35. The van der Waals surface area contributed by atoms with Crippen LogP contribution in [0, 0.1) is 11.8 Å². The van der Waals surface area contributed by atoms with Crippen LogP contribution in [-0.4, -0.2) is 12.0 Å². The molecule has 1 aromatic heterocycles. The minimum Gasteiger partial charge on any atom is -0.311 e. The molecule has 2 nitrogen and oxygen atoms in total. The molecule has 1 N–H and O–H groups in total. The lowest BCUT2D eigenvalue weighted by Gasteiger charge is -2.13. The third-order valence-electron chi connectivity index (χ3n) is 2.81. The van der Waals surface area contributed by atoms with Crippen LogP contribution in [0.1, 0.15) is 25.1 Å². The number of rotatable bonds is 3. The van der Waals surface area contributed by atoms with Crippen LogP contribution in [0.3, 0.4) is 0 Å². The summed E-state index contributed by atoms with van der Waals surface area (Å²) < 4.78 is 0. The Balaban J connectivity index is 2.35. The van der Waals surface area contributed by atoms with Crippen LogP contribution in [0.25, 0.3) is 10.9 Å². The molecule has 1 unspecified atom stereocenters. The van der Waals surface area contributed by atoms with Crippen LogP contribution < -0.4 is 5.32 Å².